The number of rotatable bonds is 5. The highest BCUT2D eigenvalue weighted by Crippen LogP contribution is 2.37. The van der Waals surface area contributed by atoms with Crippen LogP contribution in [0.2, 0.25) is 0 Å². The molecule has 0 bridgehead atoms. The molecule has 28 heavy (non-hydrogen) atoms. The Bertz CT molecular complexity index is 1140. The van der Waals surface area contributed by atoms with E-state index < -0.39 is 0 Å². The van der Waals surface area contributed by atoms with Gasteiger partial charge in [-0.05, 0) is 29.7 Å². The van der Waals surface area contributed by atoms with E-state index in [0.717, 1.165) is 51.5 Å². The van der Waals surface area contributed by atoms with Gasteiger partial charge in [-0.25, -0.2) is 15.0 Å². The molecule has 0 unspecified atom stereocenters. The van der Waals surface area contributed by atoms with Crippen LogP contribution in [0.1, 0.15) is 17.0 Å². The van der Waals surface area contributed by atoms with Gasteiger partial charge in [0.15, 0.2) is 17.1 Å². The van der Waals surface area contributed by atoms with E-state index >= 15 is 0 Å². The summed E-state index contributed by atoms with van der Waals surface area (Å²) in [5, 5.41) is 0. The van der Waals surface area contributed by atoms with E-state index in [9.17, 15) is 0 Å². The SMILES string of the molecule is Brc1cc2c(cc1Cc1nc3cncnc3n1CCc1ccccc1)OCO2. The second-order valence-electron chi connectivity index (χ2n) is 6.62. The van der Waals surface area contributed by atoms with Crippen molar-refractivity contribution in [1.29, 1.82) is 0 Å². The van der Waals surface area contributed by atoms with Gasteiger partial charge in [-0.2, -0.15) is 0 Å². The van der Waals surface area contributed by atoms with Crippen LogP contribution in [-0.4, -0.2) is 26.3 Å². The molecular weight excluding hydrogens is 420 g/mol. The summed E-state index contributed by atoms with van der Waals surface area (Å²) in [6.45, 7) is 1.06. The van der Waals surface area contributed by atoms with Crippen LogP contribution < -0.4 is 9.47 Å². The highest BCUT2D eigenvalue weighted by molar-refractivity contribution is 9.10. The Hall–Kier alpha value is -2.93. The van der Waals surface area contributed by atoms with Crippen molar-refractivity contribution in [3.8, 4) is 11.5 Å². The molecule has 7 heteroatoms. The number of hydrogen-bond acceptors (Lipinski definition) is 5. The van der Waals surface area contributed by atoms with Crippen LogP contribution in [-0.2, 0) is 19.4 Å². The zero-order chi connectivity index (χ0) is 18.9. The highest BCUT2D eigenvalue weighted by atomic mass is 79.9. The summed E-state index contributed by atoms with van der Waals surface area (Å²) in [5.41, 5.74) is 4.04. The van der Waals surface area contributed by atoms with E-state index in [1.165, 1.54) is 5.56 Å². The minimum Gasteiger partial charge on any atom is -0.454 e. The fourth-order valence-electron chi connectivity index (χ4n) is 3.44. The normalized spacial score (nSPS) is 12.6. The Morgan fingerprint density at radius 3 is 2.75 bits per heavy atom. The molecule has 0 atom stereocenters. The summed E-state index contributed by atoms with van der Waals surface area (Å²) in [7, 11) is 0. The maximum absolute atomic E-state index is 5.53. The Labute approximate surface area is 170 Å². The van der Waals surface area contributed by atoms with Gasteiger partial charge in [0.05, 0.1) is 6.20 Å². The largest absolute Gasteiger partial charge is 0.454 e. The van der Waals surface area contributed by atoms with Crippen LogP contribution in [0.15, 0.2) is 59.5 Å². The quantitative estimate of drug-likeness (QED) is 0.470. The van der Waals surface area contributed by atoms with Crippen LogP contribution in [0, 0.1) is 0 Å². The van der Waals surface area contributed by atoms with E-state index in [1.807, 2.05) is 18.2 Å². The Morgan fingerprint density at radius 2 is 1.89 bits per heavy atom. The van der Waals surface area contributed by atoms with Gasteiger partial charge >= 0.3 is 0 Å². The smallest absolute Gasteiger partial charge is 0.231 e. The summed E-state index contributed by atoms with van der Waals surface area (Å²) in [4.78, 5) is 13.4. The number of nitrogens with zero attached hydrogens (tertiary/aromatic N) is 4. The minimum absolute atomic E-state index is 0.260. The molecule has 2 aromatic heterocycles. The number of hydrogen-bond donors (Lipinski definition) is 0. The summed E-state index contributed by atoms with van der Waals surface area (Å²) < 4.78 is 14.1. The molecule has 3 heterocycles. The molecule has 0 aliphatic carbocycles. The number of ether oxygens (including phenoxy) is 2. The minimum atomic E-state index is 0.260. The van der Waals surface area contributed by atoms with Gasteiger partial charge in [0.2, 0.25) is 6.79 Å². The molecule has 0 radical (unpaired) electrons. The molecule has 4 aromatic rings. The van der Waals surface area contributed by atoms with Crippen molar-refractivity contribution in [2.24, 2.45) is 0 Å². The van der Waals surface area contributed by atoms with Gasteiger partial charge in [-0.3, -0.25) is 0 Å². The van der Waals surface area contributed by atoms with Crippen molar-refractivity contribution in [3.63, 3.8) is 0 Å². The van der Waals surface area contributed by atoms with Crippen LogP contribution in [0.3, 0.4) is 0 Å². The van der Waals surface area contributed by atoms with E-state index in [1.54, 1.807) is 12.5 Å². The fourth-order valence-corrected chi connectivity index (χ4v) is 3.91. The molecule has 0 amide bonds. The second-order valence-corrected chi connectivity index (χ2v) is 7.47. The lowest BCUT2D eigenvalue weighted by Crippen LogP contribution is -2.08. The summed E-state index contributed by atoms with van der Waals surface area (Å²) in [6.07, 6.45) is 4.90. The standard InChI is InChI=1S/C21H17BrN4O2/c22-16-10-19-18(27-13-28-19)8-15(16)9-20-25-17-11-23-12-24-21(17)26(20)7-6-14-4-2-1-3-5-14/h1-5,8,10-12H,6-7,9,13H2. The van der Waals surface area contributed by atoms with Crippen molar-refractivity contribution in [2.75, 3.05) is 6.79 Å². The van der Waals surface area contributed by atoms with Crippen LogP contribution in [0.5, 0.6) is 11.5 Å². The third kappa shape index (κ3) is 3.22. The maximum atomic E-state index is 5.53. The van der Waals surface area contributed by atoms with Gasteiger partial charge in [0.1, 0.15) is 17.7 Å². The van der Waals surface area contributed by atoms with E-state index in [0.29, 0.717) is 6.42 Å². The van der Waals surface area contributed by atoms with Crippen LogP contribution >= 0.6 is 15.9 Å². The van der Waals surface area contributed by atoms with Crippen molar-refractivity contribution < 1.29 is 9.47 Å². The fraction of sp³-hybridized carbons (Fsp3) is 0.190. The first-order valence-corrected chi connectivity index (χ1v) is 9.84. The lowest BCUT2D eigenvalue weighted by Gasteiger charge is -2.10. The number of aryl methyl sites for hydroxylation is 2. The molecule has 0 N–H and O–H groups in total. The number of aromatic nitrogens is 4. The number of halogens is 1. The van der Waals surface area contributed by atoms with Crippen molar-refractivity contribution in [1.82, 2.24) is 19.5 Å². The zero-order valence-electron chi connectivity index (χ0n) is 15.0. The molecule has 0 spiro atoms. The number of benzene rings is 2. The molecule has 0 saturated carbocycles. The first-order chi connectivity index (χ1) is 13.8. The first-order valence-electron chi connectivity index (χ1n) is 9.05. The predicted molar refractivity (Wildman–Crippen MR) is 109 cm³/mol. The third-order valence-electron chi connectivity index (χ3n) is 4.85. The second kappa shape index (κ2) is 7.24. The topological polar surface area (TPSA) is 62.1 Å². The zero-order valence-corrected chi connectivity index (χ0v) is 16.6. The van der Waals surface area contributed by atoms with Gasteiger partial charge in [-0.15, -0.1) is 0 Å². The predicted octanol–water partition coefficient (Wildman–Crippen LogP) is 4.15. The number of fused-ring (bicyclic) bond motifs is 2. The third-order valence-corrected chi connectivity index (χ3v) is 5.58. The first kappa shape index (κ1) is 17.2. The van der Waals surface area contributed by atoms with E-state index in [4.69, 9.17) is 14.5 Å². The molecule has 2 aromatic carbocycles. The summed E-state index contributed by atoms with van der Waals surface area (Å²) in [5.74, 6) is 2.48. The molecule has 1 aliphatic heterocycles. The number of imidazole rings is 1. The maximum Gasteiger partial charge on any atom is 0.231 e. The monoisotopic (exact) mass is 436 g/mol. The van der Waals surface area contributed by atoms with Crippen LogP contribution in [0.25, 0.3) is 11.2 Å². The molecule has 6 nitrogen and oxygen atoms in total. The Kier molecular flexibility index (Phi) is 4.44. The van der Waals surface area contributed by atoms with E-state index in [-0.39, 0.29) is 6.79 Å². The van der Waals surface area contributed by atoms with Gasteiger partial charge < -0.3 is 14.0 Å². The molecule has 140 valence electrons. The van der Waals surface area contributed by atoms with Crippen LogP contribution in [0.4, 0.5) is 0 Å². The van der Waals surface area contributed by atoms with Crippen molar-refractivity contribution in [2.45, 2.75) is 19.4 Å². The van der Waals surface area contributed by atoms with Crippen molar-refractivity contribution >= 4 is 27.1 Å². The summed E-state index contributed by atoms with van der Waals surface area (Å²) in [6, 6.07) is 14.4. The average Bonchev–Trinajstić information content (AvgIpc) is 3.31. The lowest BCUT2D eigenvalue weighted by atomic mass is 10.1. The Balaban J connectivity index is 1.50. The molecule has 0 fully saturated rings. The lowest BCUT2D eigenvalue weighted by molar-refractivity contribution is 0.174. The Morgan fingerprint density at radius 1 is 1.07 bits per heavy atom. The molecule has 1 aliphatic rings. The molecule has 0 saturated heterocycles. The van der Waals surface area contributed by atoms with Gasteiger partial charge in [-0.1, -0.05) is 46.3 Å². The highest BCUT2D eigenvalue weighted by Gasteiger charge is 2.19. The van der Waals surface area contributed by atoms with E-state index in [2.05, 4.69) is 54.7 Å². The summed E-state index contributed by atoms with van der Waals surface area (Å²) >= 11 is 3.65. The molecular formula is C21H17BrN4O2. The van der Waals surface area contributed by atoms with Gasteiger partial charge in [0.25, 0.3) is 0 Å². The molecule has 5 rings (SSSR count). The average molecular weight is 437 g/mol. The van der Waals surface area contributed by atoms with Gasteiger partial charge in [0, 0.05) is 17.4 Å². The van der Waals surface area contributed by atoms with Crippen molar-refractivity contribution in [3.05, 3.63) is 76.4 Å².